The topological polar surface area (TPSA) is 23.2 Å². The highest BCUT2D eigenvalue weighted by Crippen LogP contribution is 1.71. The van der Waals surface area contributed by atoms with Crippen LogP contribution in [0.15, 0.2) is 12.2 Å². The fraction of sp³-hybridized carbons (Fsp3) is 0.500. The second kappa shape index (κ2) is 3.24. The van der Waals surface area contributed by atoms with E-state index in [1.54, 1.807) is 30.8 Å². The predicted octanol–water partition coefficient (Wildman–Crippen LogP) is 0.791. The van der Waals surface area contributed by atoms with Crippen LogP contribution in [0.1, 0.15) is 6.92 Å². The van der Waals surface area contributed by atoms with Gasteiger partial charge in [0.2, 0.25) is 0 Å². The van der Waals surface area contributed by atoms with Crippen LogP contribution in [-0.2, 0) is 0 Å². The van der Waals surface area contributed by atoms with E-state index >= 15 is 0 Å². The van der Waals surface area contributed by atoms with E-state index in [0.717, 1.165) is 0 Å². The molecule has 0 amide bonds. The number of hydrogen-bond acceptors (Lipinski definition) is 0. The van der Waals surface area contributed by atoms with E-state index in [1.165, 1.54) is 0 Å². The van der Waals surface area contributed by atoms with E-state index in [9.17, 15) is 0 Å². The molecule has 0 aromatic heterocycles. The summed E-state index contributed by atoms with van der Waals surface area (Å²) < 4.78 is 1.64. The molecule has 0 saturated heterocycles. The van der Waals surface area contributed by atoms with E-state index in [4.69, 9.17) is 5.11 Å². The molecule has 0 spiro atoms. The van der Waals surface area contributed by atoms with Crippen molar-refractivity contribution in [3.05, 3.63) is 12.2 Å². The molecule has 0 fully saturated rings. The maximum Gasteiger partial charge on any atom is 0.359 e. The van der Waals surface area contributed by atoms with Crippen molar-refractivity contribution in [1.82, 2.24) is 0 Å². The van der Waals surface area contributed by atoms with Crippen molar-refractivity contribution in [3.8, 4) is 0 Å². The number of aliphatic hydroxyl groups is 1. The van der Waals surface area contributed by atoms with Crippen LogP contribution in [0.3, 0.4) is 0 Å². The molecule has 0 aromatic carbocycles. The van der Waals surface area contributed by atoms with Crippen LogP contribution in [0.2, 0.25) is 0 Å². The summed E-state index contributed by atoms with van der Waals surface area (Å²) in [5.41, 5.74) is 0. The first-order valence-corrected chi connectivity index (χ1v) is 2.54. The van der Waals surface area contributed by atoms with Gasteiger partial charge in [-0.2, -0.15) is 0 Å². The van der Waals surface area contributed by atoms with Gasteiger partial charge in [0.05, 0.1) is 0 Å². The molecular formula is C6H12NO+. The number of allylic oxidation sites excluding steroid dienone is 1. The van der Waals surface area contributed by atoms with Gasteiger partial charge in [-0.05, 0) is 6.92 Å². The van der Waals surface area contributed by atoms with E-state index in [-0.39, 0.29) is 5.90 Å². The van der Waals surface area contributed by atoms with Gasteiger partial charge in [-0.15, -0.1) is 0 Å². The SMILES string of the molecule is C/C=C/C(O)=[N+](C)C. The average Bonchev–Trinajstić information content (AvgIpc) is 1.67. The standard InChI is InChI=1S/C6H11NO/c1-4-5-6(8)7(2)3/h4-5H,1-3H3/p+1/b5-4+. The highest BCUT2D eigenvalue weighted by atomic mass is 16.3. The Labute approximate surface area is 49.8 Å². The molecular weight excluding hydrogens is 102 g/mol. The molecule has 2 nitrogen and oxygen atoms in total. The van der Waals surface area contributed by atoms with Gasteiger partial charge >= 0.3 is 5.90 Å². The maximum absolute atomic E-state index is 8.88. The Morgan fingerprint density at radius 2 is 2.00 bits per heavy atom. The number of hydrogen-bond donors (Lipinski definition) is 1. The highest BCUT2D eigenvalue weighted by molar-refractivity contribution is 5.80. The van der Waals surface area contributed by atoms with Crippen LogP contribution in [0, 0.1) is 0 Å². The van der Waals surface area contributed by atoms with Crippen molar-refractivity contribution in [1.29, 1.82) is 0 Å². The van der Waals surface area contributed by atoms with E-state index in [2.05, 4.69) is 0 Å². The molecule has 0 atom stereocenters. The Balaban J connectivity index is 4.00. The molecule has 0 aromatic rings. The van der Waals surface area contributed by atoms with Gasteiger partial charge in [0.1, 0.15) is 14.1 Å². The minimum absolute atomic E-state index is 0.285. The van der Waals surface area contributed by atoms with Crippen molar-refractivity contribution in [2.75, 3.05) is 14.1 Å². The second-order valence-electron chi connectivity index (χ2n) is 1.75. The molecule has 1 N–H and O–H groups in total. The Bertz CT molecular complexity index is 120. The first-order valence-electron chi connectivity index (χ1n) is 2.54. The Kier molecular flexibility index (Phi) is 2.92. The van der Waals surface area contributed by atoms with Gasteiger partial charge in [-0.3, -0.25) is 0 Å². The van der Waals surface area contributed by atoms with Crippen molar-refractivity contribution in [2.24, 2.45) is 0 Å². The van der Waals surface area contributed by atoms with Gasteiger partial charge in [-0.1, -0.05) is 6.08 Å². The molecule has 0 heterocycles. The normalized spacial score (nSPS) is 9.88. The molecule has 2 heteroatoms. The number of aliphatic hydroxyl groups excluding tert-OH is 1. The molecule has 0 radical (unpaired) electrons. The lowest BCUT2D eigenvalue weighted by molar-refractivity contribution is -0.472. The maximum atomic E-state index is 8.88. The molecule has 8 heavy (non-hydrogen) atoms. The van der Waals surface area contributed by atoms with Gasteiger partial charge in [0.15, 0.2) is 0 Å². The van der Waals surface area contributed by atoms with Crippen molar-refractivity contribution < 1.29 is 9.68 Å². The second-order valence-corrected chi connectivity index (χ2v) is 1.75. The fourth-order valence-electron chi connectivity index (χ4n) is 0.298. The van der Waals surface area contributed by atoms with Crippen molar-refractivity contribution in [2.45, 2.75) is 6.92 Å². The van der Waals surface area contributed by atoms with Gasteiger partial charge < -0.3 is 5.11 Å². The third-order valence-electron chi connectivity index (χ3n) is 0.774. The zero-order valence-corrected chi connectivity index (χ0v) is 5.55. The molecule has 46 valence electrons. The summed E-state index contributed by atoms with van der Waals surface area (Å²) in [7, 11) is 3.57. The van der Waals surface area contributed by atoms with E-state index in [0.29, 0.717) is 0 Å². The molecule has 0 aliphatic heterocycles. The lowest BCUT2D eigenvalue weighted by atomic mass is 10.5. The summed E-state index contributed by atoms with van der Waals surface area (Å²) in [6, 6.07) is 0. The molecule has 0 aliphatic carbocycles. The minimum atomic E-state index is 0.285. The summed E-state index contributed by atoms with van der Waals surface area (Å²) >= 11 is 0. The number of rotatable bonds is 1. The quantitative estimate of drug-likeness (QED) is 0.304. The number of nitrogens with zero attached hydrogens (tertiary/aromatic N) is 1. The first kappa shape index (κ1) is 7.21. The van der Waals surface area contributed by atoms with Crippen LogP contribution >= 0.6 is 0 Å². The first-order chi connectivity index (χ1) is 3.68. The predicted molar refractivity (Wildman–Crippen MR) is 34.6 cm³/mol. The minimum Gasteiger partial charge on any atom is -0.460 e. The van der Waals surface area contributed by atoms with Gasteiger partial charge in [-0.25, -0.2) is 4.58 Å². The third kappa shape index (κ3) is 2.39. The summed E-state index contributed by atoms with van der Waals surface area (Å²) in [4.78, 5) is 0. The van der Waals surface area contributed by atoms with Crippen LogP contribution in [0.4, 0.5) is 0 Å². The molecule has 0 aliphatic rings. The zero-order valence-electron chi connectivity index (χ0n) is 5.55. The van der Waals surface area contributed by atoms with Gasteiger partial charge in [0, 0.05) is 6.08 Å². The van der Waals surface area contributed by atoms with Crippen molar-refractivity contribution in [3.63, 3.8) is 0 Å². The summed E-state index contributed by atoms with van der Waals surface area (Å²) in [6.45, 7) is 1.86. The van der Waals surface area contributed by atoms with Crippen LogP contribution in [-0.4, -0.2) is 29.7 Å². The monoisotopic (exact) mass is 114 g/mol. The fourth-order valence-corrected chi connectivity index (χ4v) is 0.298. The highest BCUT2D eigenvalue weighted by Gasteiger charge is 1.93. The Morgan fingerprint density at radius 3 is 2.12 bits per heavy atom. The van der Waals surface area contributed by atoms with Gasteiger partial charge in [0.25, 0.3) is 0 Å². The molecule has 0 saturated carbocycles. The van der Waals surface area contributed by atoms with Crippen LogP contribution < -0.4 is 0 Å². The average molecular weight is 114 g/mol. The lowest BCUT2D eigenvalue weighted by Crippen LogP contribution is -2.08. The molecule has 0 unspecified atom stereocenters. The van der Waals surface area contributed by atoms with E-state index < -0.39 is 0 Å². The van der Waals surface area contributed by atoms with Crippen LogP contribution in [0.5, 0.6) is 0 Å². The zero-order chi connectivity index (χ0) is 6.57. The van der Waals surface area contributed by atoms with Crippen LogP contribution in [0.25, 0.3) is 0 Å². The molecule has 0 rings (SSSR count). The summed E-state index contributed by atoms with van der Waals surface area (Å²) in [5.74, 6) is 0.285. The smallest absolute Gasteiger partial charge is 0.359 e. The van der Waals surface area contributed by atoms with Crippen molar-refractivity contribution >= 4 is 5.90 Å². The Morgan fingerprint density at radius 1 is 1.50 bits per heavy atom. The molecule has 0 bridgehead atoms. The Hall–Kier alpha value is -0.790. The summed E-state index contributed by atoms with van der Waals surface area (Å²) in [6.07, 6.45) is 3.43. The summed E-state index contributed by atoms with van der Waals surface area (Å²) in [5, 5.41) is 8.88. The largest absolute Gasteiger partial charge is 0.460 e. The lowest BCUT2D eigenvalue weighted by Gasteiger charge is -1.84. The van der Waals surface area contributed by atoms with E-state index in [1.807, 2.05) is 6.92 Å². The third-order valence-corrected chi connectivity index (χ3v) is 0.774.